The highest BCUT2D eigenvalue weighted by Gasteiger charge is 2.29. The highest BCUT2D eigenvalue weighted by atomic mass is 16.6. The van der Waals surface area contributed by atoms with E-state index >= 15 is 0 Å². The van der Waals surface area contributed by atoms with E-state index in [4.69, 9.17) is 4.74 Å². The molecule has 2 aliphatic heterocycles. The van der Waals surface area contributed by atoms with E-state index in [0.29, 0.717) is 19.1 Å². The van der Waals surface area contributed by atoms with E-state index in [1.54, 1.807) is 4.90 Å². The number of anilines is 2. The first kappa shape index (κ1) is 16.5. The first-order chi connectivity index (χ1) is 11.3. The lowest BCUT2D eigenvalue weighted by Gasteiger charge is -2.37. The van der Waals surface area contributed by atoms with Gasteiger partial charge in [-0.25, -0.2) is 4.79 Å². The van der Waals surface area contributed by atoms with Crippen LogP contribution in [0.25, 0.3) is 6.08 Å². The van der Waals surface area contributed by atoms with Gasteiger partial charge in [-0.3, -0.25) is 0 Å². The average molecular weight is 329 g/mol. The van der Waals surface area contributed by atoms with Crippen LogP contribution in [0.4, 0.5) is 16.3 Å². The SMILES string of the molecule is CN(c1ccc2c(n1)C=[C+]N2)C1CCN(C(=O)OC(C)(C)C)CC1. The molecule has 0 saturated carbocycles. The minimum Gasteiger partial charge on any atom is -0.444 e. The van der Waals surface area contributed by atoms with Gasteiger partial charge < -0.3 is 14.5 Å². The summed E-state index contributed by atoms with van der Waals surface area (Å²) < 4.78 is 5.45. The summed E-state index contributed by atoms with van der Waals surface area (Å²) >= 11 is 0. The molecule has 0 aromatic carbocycles. The molecule has 128 valence electrons. The molecule has 1 saturated heterocycles. The zero-order valence-electron chi connectivity index (χ0n) is 14.8. The van der Waals surface area contributed by atoms with Crippen molar-refractivity contribution in [2.24, 2.45) is 0 Å². The molecule has 1 fully saturated rings. The predicted octanol–water partition coefficient (Wildman–Crippen LogP) is 3.12. The van der Waals surface area contributed by atoms with E-state index in [1.165, 1.54) is 0 Å². The Bertz CT molecular complexity index is 643. The predicted molar refractivity (Wildman–Crippen MR) is 94.8 cm³/mol. The Morgan fingerprint density at radius 1 is 1.38 bits per heavy atom. The first-order valence-electron chi connectivity index (χ1n) is 8.40. The average Bonchev–Trinajstić information content (AvgIpc) is 3.00. The number of ether oxygens (including phenoxy) is 1. The van der Waals surface area contributed by atoms with Gasteiger partial charge in [0, 0.05) is 32.2 Å². The summed E-state index contributed by atoms with van der Waals surface area (Å²) in [6.45, 7) is 7.11. The lowest BCUT2D eigenvalue weighted by molar-refractivity contribution is 0.0205. The minimum absolute atomic E-state index is 0.217. The molecule has 1 amide bonds. The molecule has 0 aliphatic carbocycles. The Balaban J connectivity index is 1.58. The van der Waals surface area contributed by atoms with Crippen LogP contribution >= 0.6 is 0 Å². The number of pyridine rings is 1. The number of carbonyl (C=O) groups is 1. The molecule has 1 aromatic heterocycles. The number of aromatic nitrogens is 1. The van der Waals surface area contributed by atoms with Crippen molar-refractivity contribution in [3.63, 3.8) is 0 Å². The van der Waals surface area contributed by atoms with Crippen molar-refractivity contribution in [1.29, 1.82) is 0 Å². The lowest BCUT2D eigenvalue weighted by Crippen LogP contribution is -2.47. The maximum absolute atomic E-state index is 12.1. The third kappa shape index (κ3) is 3.60. The van der Waals surface area contributed by atoms with Gasteiger partial charge in [-0.1, -0.05) is 0 Å². The second-order valence-electron chi connectivity index (χ2n) is 7.33. The van der Waals surface area contributed by atoms with Crippen molar-refractivity contribution < 1.29 is 9.53 Å². The van der Waals surface area contributed by atoms with Crippen LogP contribution in [0, 0.1) is 6.20 Å². The Morgan fingerprint density at radius 2 is 2.08 bits per heavy atom. The van der Waals surface area contributed by atoms with Gasteiger partial charge in [0.05, 0.1) is 0 Å². The second-order valence-corrected chi connectivity index (χ2v) is 7.33. The molecule has 0 unspecified atom stereocenters. The van der Waals surface area contributed by atoms with Crippen molar-refractivity contribution >= 4 is 23.7 Å². The number of nitrogens with one attached hydrogen (secondary N) is 1. The summed E-state index contributed by atoms with van der Waals surface area (Å²) in [6, 6.07) is 4.42. The number of carbonyl (C=O) groups excluding carboxylic acids is 1. The van der Waals surface area contributed by atoms with Gasteiger partial charge in [-0.15, -0.1) is 4.98 Å². The standard InChI is InChI=1S/C18H25N4O2/c1-18(2,3)24-17(23)22-11-8-13(9-12-22)21(4)16-6-5-14-15(20-16)7-10-19-14/h5-7,13,19H,8-9,11-12H2,1-4H3/q+1. The Hall–Kier alpha value is -2.33. The van der Waals surface area contributed by atoms with Gasteiger partial charge >= 0.3 is 6.09 Å². The van der Waals surface area contributed by atoms with Crippen LogP contribution in [-0.4, -0.2) is 47.8 Å². The van der Waals surface area contributed by atoms with Crippen molar-refractivity contribution in [1.82, 2.24) is 9.88 Å². The molecule has 0 bridgehead atoms. The monoisotopic (exact) mass is 329 g/mol. The summed E-state index contributed by atoms with van der Waals surface area (Å²) in [7, 11) is 2.07. The quantitative estimate of drug-likeness (QED) is 0.845. The Kier molecular flexibility index (Phi) is 4.33. The Labute approximate surface area is 143 Å². The molecule has 2 aliphatic rings. The van der Waals surface area contributed by atoms with Gasteiger partial charge in [0.25, 0.3) is 0 Å². The van der Waals surface area contributed by atoms with Crippen molar-refractivity contribution in [3.05, 3.63) is 24.0 Å². The smallest absolute Gasteiger partial charge is 0.410 e. The number of hydrogen-bond acceptors (Lipinski definition) is 5. The fraction of sp³-hybridized carbons (Fsp3) is 0.556. The van der Waals surface area contributed by atoms with Crippen LogP contribution in [0.3, 0.4) is 0 Å². The third-order valence-electron chi connectivity index (χ3n) is 4.35. The van der Waals surface area contributed by atoms with Gasteiger partial charge in [0.1, 0.15) is 17.6 Å². The summed E-state index contributed by atoms with van der Waals surface area (Å²) in [6.07, 6.45) is 6.42. The number of rotatable bonds is 2. The van der Waals surface area contributed by atoms with Crippen LogP contribution < -0.4 is 10.2 Å². The number of fused-ring (bicyclic) bond motifs is 1. The van der Waals surface area contributed by atoms with Gasteiger partial charge in [-0.05, 0) is 39.7 Å². The topological polar surface area (TPSA) is 57.7 Å². The zero-order chi connectivity index (χ0) is 17.3. The van der Waals surface area contributed by atoms with Gasteiger partial charge in [-0.2, -0.15) is 5.32 Å². The molecule has 0 spiro atoms. The number of likely N-dealkylation sites (tertiary alicyclic amines) is 1. The van der Waals surface area contributed by atoms with Crippen LogP contribution in [0.5, 0.6) is 0 Å². The Morgan fingerprint density at radius 3 is 2.75 bits per heavy atom. The molecule has 3 heterocycles. The summed E-state index contributed by atoms with van der Waals surface area (Å²) in [5, 5.41) is 3.04. The normalized spacial score (nSPS) is 17.1. The fourth-order valence-corrected chi connectivity index (χ4v) is 3.01. The van der Waals surface area contributed by atoms with E-state index < -0.39 is 5.60 Å². The number of amides is 1. The van der Waals surface area contributed by atoms with Crippen LogP contribution in [0.1, 0.15) is 39.3 Å². The highest BCUT2D eigenvalue weighted by molar-refractivity contribution is 5.71. The van der Waals surface area contributed by atoms with Gasteiger partial charge in [0.15, 0.2) is 6.08 Å². The van der Waals surface area contributed by atoms with E-state index in [9.17, 15) is 4.79 Å². The second kappa shape index (κ2) is 6.29. The minimum atomic E-state index is -0.447. The van der Waals surface area contributed by atoms with Crippen molar-refractivity contribution in [2.45, 2.75) is 45.3 Å². The molecule has 1 aromatic rings. The maximum atomic E-state index is 12.1. The van der Waals surface area contributed by atoms with Crippen molar-refractivity contribution in [3.8, 4) is 0 Å². The third-order valence-corrected chi connectivity index (χ3v) is 4.35. The first-order valence-corrected chi connectivity index (χ1v) is 8.40. The number of nitrogens with zero attached hydrogens (tertiary/aromatic N) is 3. The van der Waals surface area contributed by atoms with E-state index in [1.807, 2.05) is 39.0 Å². The summed E-state index contributed by atoms with van der Waals surface area (Å²) in [4.78, 5) is 20.8. The van der Waals surface area contributed by atoms with E-state index in [2.05, 4.69) is 28.4 Å². The summed E-state index contributed by atoms with van der Waals surface area (Å²) in [5.74, 6) is 0.950. The van der Waals surface area contributed by atoms with Crippen molar-refractivity contribution in [2.75, 3.05) is 30.4 Å². The molecule has 6 heteroatoms. The lowest BCUT2D eigenvalue weighted by atomic mass is 10.0. The van der Waals surface area contributed by atoms with Gasteiger partial charge in [0.2, 0.25) is 11.4 Å². The number of piperidine rings is 1. The largest absolute Gasteiger partial charge is 0.444 e. The molecule has 6 nitrogen and oxygen atoms in total. The zero-order valence-corrected chi connectivity index (χ0v) is 14.8. The molecule has 0 radical (unpaired) electrons. The number of hydrogen-bond donors (Lipinski definition) is 1. The molecule has 24 heavy (non-hydrogen) atoms. The van der Waals surface area contributed by atoms with E-state index in [0.717, 1.165) is 30.0 Å². The highest BCUT2D eigenvalue weighted by Crippen LogP contribution is 2.26. The van der Waals surface area contributed by atoms with Crippen LogP contribution in [-0.2, 0) is 4.74 Å². The maximum Gasteiger partial charge on any atom is 0.410 e. The van der Waals surface area contributed by atoms with E-state index in [-0.39, 0.29) is 6.09 Å². The molecule has 3 rings (SSSR count). The molecular weight excluding hydrogens is 304 g/mol. The van der Waals surface area contributed by atoms with Crippen LogP contribution in [0.2, 0.25) is 0 Å². The summed E-state index contributed by atoms with van der Waals surface area (Å²) in [5.41, 5.74) is 1.47. The fourth-order valence-electron chi connectivity index (χ4n) is 3.01. The molecular formula is C18H25N4O2+. The molecule has 1 N–H and O–H groups in total. The van der Waals surface area contributed by atoms with Crippen LogP contribution in [0.15, 0.2) is 12.1 Å². The molecule has 0 atom stereocenters.